The summed E-state index contributed by atoms with van der Waals surface area (Å²) in [4.78, 5) is 34.8. The van der Waals surface area contributed by atoms with Gasteiger partial charge in [-0.05, 0) is 49.2 Å². The number of aliphatic hydroxyl groups excluding tert-OH is 1. The normalized spacial score (nSPS) is 18.6. The van der Waals surface area contributed by atoms with Crippen LogP contribution in [-0.4, -0.2) is 59.9 Å². The number of benzene rings is 2. The van der Waals surface area contributed by atoms with E-state index in [0.29, 0.717) is 0 Å². The number of hydrogen-bond acceptors (Lipinski definition) is 8. The first kappa shape index (κ1) is 24.3. The third-order valence-electron chi connectivity index (χ3n) is 5.30. The zero-order valence-electron chi connectivity index (χ0n) is 17.9. The SMILES string of the molecule is Cc1ccc(S(=O)(=O)N2CC(O)C[C@H]2C(=O)OCC(=O)Nc2ccc([N+](=O)[O-])cc2)cc1C. The number of nitro groups is 1. The van der Waals surface area contributed by atoms with Crippen molar-refractivity contribution in [2.75, 3.05) is 18.5 Å². The van der Waals surface area contributed by atoms with Crippen LogP contribution in [0.2, 0.25) is 0 Å². The third kappa shape index (κ3) is 5.53. The fourth-order valence-electron chi connectivity index (χ4n) is 3.37. The summed E-state index contributed by atoms with van der Waals surface area (Å²) in [6.45, 7) is 2.64. The number of esters is 1. The lowest BCUT2D eigenvalue weighted by Gasteiger charge is -2.22. The Balaban J connectivity index is 1.65. The van der Waals surface area contributed by atoms with Gasteiger partial charge in [-0.25, -0.2) is 8.42 Å². The van der Waals surface area contributed by atoms with E-state index in [1.807, 2.05) is 6.92 Å². The Morgan fingerprint density at radius 3 is 2.45 bits per heavy atom. The molecule has 2 N–H and O–H groups in total. The van der Waals surface area contributed by atoms with E-state index in [4.69, 9.17) is 4.74 Å². The standard InChI is InChI=1S/C21H23N3O8S/c1-13-3-8-18(9-14(13)2)33(30,31)23-11-17(25)10-19(23)21(27)32-12-20(26)22-15-4-6-16(7-5-15)24(28)29/h3-9,17,19,25H,10-12H2,1-2H3,(H,22,26)/t17?,19-/m0/s1. The van der Waals surface area contributed by atoms with Gasteiger partial charge < -0.3 is 15.2 Å². The van der Waals surface area contributed by atoms with E-state index in [-0.39, 0.29) is 29.2 Å². The van der Waals surface area contributed by atoms with Crippen LogP contribution < -0.4 is 5.32 Å². The number of ether oxygens (including phenoxy) is 1. The van der Waals surface area contributed by atoms with Gasteiger partial charge in [-0.1, -0.05) is 6.07 Å². The average Bonchev–Trinajstić information content (AvgIpc) is 3.17. The Morgan fingerprint density at radius 2 is 1.85 bits per heavy atom. The van der Waals surface area contributed by atoms with Crippen molar-refractivity contribution in [1.29, 1.82) is 0 Å². The maximum absolute atomic E-state index is 13.1. The molecule has 176 valence electrons. The summed E-state index contributed by atoms with van der Waals surface area (Å²) >= 11 is 0. The zero-order valence-corrected chi connectivity index (χ0v) is 18.7. The Hall–Kier alpha value is -3.35. The number of hydrogen-bond donors (Lipinski definition) is 2. The maximum Gasteiger partial charge on any atom is 0.325 e. The highest BCUT2D eigenvalue weighted by molar-refractivity contribution is 7.89. The van der Waals surface area contributed by atoms with Crippen molar-refractivity contribution in [2.24, 2.45) is 0 Å². The summed E-state index contributed by atoms with van der Waals surface area (Å²) in [6, 6.07) is 8.36. The molecular weight excluding hydrogens is 454 g/mol. The van der Waals surface area contributed by atoms with Gasteiger partial charge in [0.25, 0.3) is 11.6 Å². The number of carbonyl (C=O) groups excluding carboxylic acids is 2. The van der Waals surface area contributed by atoms with E-state index in [1.54, 1.807) is 13.0 Å². The summed E-state index contributed by atoms with van der Waals surface area (Å²) in [5.74, 6) is -1.67. The van der Waals surface area contributed by atoms with Crippen LogP contribution in [0.15, 0.2) is 47.4 Å². The molecule has 1 unspecified atom stereocenters. The molecule has 3 rings (SSSR count). The van der Waals surface area contributed by atoms with Crippen LogP contribution in [-0.2, 0) is 24.3 Å². The molecule has 2 aromatic carbocycles. The molecule has 2 atom stereocenters. The van der Waals surface area contributed by atoms with Gasteiger partial charge in [-0.3, -0.25) is 19.7 Å². The number of amides is 1. The second kappa shape index (κ2) is 9.65. The molecule has 0 saturated carbocycles. The second-order valence-electron chi connectivity index (χ2n) is 7.69. The van der Waals surface area contributed by atoms with Crippen LogP contribution in [0.4, 0.5) is 11.4 Å². The number of nitrogens with zero attached hydrogens (tertiary/aromatic N) is 2. The molecule has 0 aliphatic carbocycles. The molecule has 0 aromatic heterocycles. The van der Waals surface area contributed by atoms with Gasteiger partial charge in [-0.15, -0.1) is 0 Å². The first-order valence-electron chi connectivity index (χ1n) is 9.97. The lowest BCUT2D eigenvalue weighted by Crippen LogP contribution is -2.42. The molecule has 1 heterocycles. The van der Waals surface area contributed by atoms with Crippen molar-refractivity contribution < 1.29 is 32.8 Å². The van der Waals surface area contributed by atoms with Gasteiger partial charge in [-0.2, -0.15) is 4.31 Å². The molecular formula is C21H23N3O8S. The number of β-amino-alcohol motifs (C(OH)–C–C–N with tert-alkyl or cyclic N) is 1. The fourth-order valence-corrected chi connectivity index (χ4v) is 5.08. The van der Waals surface area contributed by atoms with E-state index in [2.05, 4.69) is 5.32 Å². The van der Waals surface area contributed by atoms with Crippen molar-refractivity contribution in [3.63, 3.8) is 0 Å². The Bertz CT molecular complexity index is 1180. The molecule has 33 heavy (non-hydrogen) atoms. The number of non-ortho nitro benzene ring substituents is 1. The van der Waals surface area contributed by atoms with Crippen molar-refractivity contribution in [2.45, 2.75) is 37.3 Å². The Labute approximate surface area is 190 Å². The van der Waals surface area contributed by atoms with Crippen LogP contribution in [0.1, 0.15) is 17.5 Å². The summed E-state index contributed by atoms with van der Waals surface area (Å²) in [7, 11) is -4.09. The van der Waals surface area contributed by atoms with E-state index in [9.17, 15) is 33.2 Å². The summed E-state index contributed by atoms with van der Waals surface area (Å²) in [5.41, 5.74) is 1.78. The molecule has 1 amide bonds. The number of nitrogens with one attached hydrogen (secondary N) is 1. The highest BCUT2D eigenvalue weighted by atomic mass is 32.2. The summed E-state index contributed by atoms with van der Waals surface area (Å²) in [5, 5.41) is 23.1. The lowest BCUT2D eigenvalue weighted by atomic mass is 10.1. The average molecular weight is 477 g/mol. The highest BCUT2D eigenvalue weighted by Crippen LogP contribution is 2.28. The Morgan fingerprint density at radius 1 is 1.18 bits per heavy atom. The Kier molecular flexibility index (Phi) is 7.10. The van der Waals surface area contributed by atoms with Gasteiger partial charge in [0, 0.05) is 30.8 Å². The molecule has 1 fully saturated rings. The number of aryl methyl sites for hydroxylation is 2. The highest BCUT2D eigenvalue weighted by Gasteiger charge is 2.44. The summed E-state index contributed by atoms with van der Waals surface area (Å²) in [6.07, 6.45) is -1.22. The van der Waals surface area contributed by atoms with Crippen LogP contribution in [0, 0.1) is 24.0 Å². The minimum atomic E-state index is -4.09. The van der Waals surface area contributed by atoms with Gasteiger partial charge >= 0.3 is 5.97 Å². The molecule has 0 radical (unpaired) electrons. The monoisotopic (exact) mass is 477 g/mol. The van der Waals surface area contributed by atoms with Crippen molar-refractivity contribution in [1.82, 2.24) is 4.31 Å². The molecule has 0 spiro atoms. The maximum atomic E-state index is 13.1. The summed E-state index contributed by atoms with van der Waals surface area (Å²) < 4.78 is 32.1. The second-order valence-corrected chi connectivity index (χ2v) is 9.58. The van der Waals surface area contributed by atoms with Gasteiger partial charge in [0.05, 0.1) is 15.9 Å². The molecule has 12 heteroatoms. The van der Waals surface area contributed by atoms with E-state index < -0.39 is 45.6 Å². The zero-order chi connectivity index (χ0) is 24.3. The van der Waals surface area contributed by atoms with E-state index in [1.165, 1.54) is 36.4 Å². The molecule has 1 saturated heterocycles. The van der Waals surface area contributed by atoms with Crippen LogP contribution >= 0.6 is 0 Å². The number of nitro benzene ring substituents is 1. The van der Waals surface area contributed by atoms with Crippen LogP contribution in [0.25, 0.3) is 0 Å². The first-order valence-corrected chi connectivity index (χ1v) is 11.4. The molecule has 1 aliphatic heterocycles. The predicted molar refractivity (Wildman–Crippen MR) is 117 cm³/mol. The molecule has 11 nitrogen and oxygen atoms in total. The molecule has 2 aromatic rings. The fraction of sp³-hybridized carbons (Fsp3) is 0.333. The van der Waals surface area contributed by atoms with E-state index in [0.717, 1.165) is 15.4 Å². The van der Waals surface area contributed by atoms with Crippen molar-refractivity contribution in [3.8, 4) is 0 Å². The number of carbonyl (C=O) groups is 2. The molecule has 1 aliphatic rings. The molecule has 0 bridgehead atoms. The van der Waals surface area contributed by atoms with Gasteiger partial charge in [0.15, 0.2) is 6.61 Å². The number of aliphatic hydroxyl groups is 1. The number of sulfonamides is 1. The van der Waals surface area contributed by atoms with Gasteiger partial charge in [0.1, 0.15) is 6.04 Å². The third-order valence-corrected chi connectivity index (χ3v) is 7.17. The van der Waals surface area contributed by atoms with Gasteiger partial charge in [0.2, 0.25) is 10.0 Å². The van der Waals surface area contributed by atoms with Crippen LogP contribution in [0.5, 0.6) is 0 Å². The quantitative estimate of drug-likeness (QED) is 0.345. The minimum absolute atomic E-state index is 0.00610. The van der Waals surface area contributed by atoms with Crippen molar-refractivity contribution >= 4 is 33.3 Å². The number of anilines is 1. The lowest BCUT2D eigenvalue weighted by molar-refractivity contribution is -0.384. The predicted octanol–water partition coefficient (Wildman–Crippen LogP) is 1.52. The van der Waals surface area contributed by atoms with E-state index >= 15 is 0 Å². The largest absolute Gasteiger partial charge is 0.454 e. The minimum Gasteiger partial charge on any atom is -0.454 e. The smallest absolute Gasteiger partial charge is 0.325 e. The first-order chi connectivity index (χ1) is 15.5. The van der Waals surface area contributed by atoms with Crippen LogP contribution in [0.3, 0.4) is 0 Å². The topological polar surface area (TPSA) is 156 Å². The number of rotatable bonds is 7. The van der Waals surface area contributed by atoms with Crippen molar-refractivity contribution in [3.05, 3.63) is 63.7 Å².